The number of hydrogen-bond donors (Lipinski definition) is 1. The van der Waals surface area contributed by atoms with Crippen molar-refractivity contribution in [2.75, 3.05) is 7.05 Å². The molecule has 3 heterocycles. The topological polar surface area (TPSA) is 74.8 Å². The van der Waals surface area contributed by atoms with Gasteiger partial charge < -0.3 is 4.90 Å². The summed E-state index contributed by atoms with van der Waals surface area (Å²) in [7, 11) is 1.75. The first kappa shape index (κ1) is 13.9. The molecule has 0 spiro atoms. The summed E-state index contributed by atoms with van der Waals surface area (Å²) in [6.07, 6.45) is 1.73. The van der Waals surface area contributed by atoms with Crippen molar-refractivity contribution < 1.29 is 4.79 Å². The van der Waals surface area contributed by atoms with Gasteiger partial charge in [0.05, 0.1) is 18.7 Å². The molecular formula is C13H13N5OS2. The fourth-order valence-corrected chi connectivity index (χ4v) is 3.35. The predicted molar refractivity (Wildman–Crippen MR) is 82.0 cm³/mol. The second-order valence-corrected chi connectivity index (χ2v) is 6.15. The molecule has 0 saturated carbocycles. The van der Waals surface area contributed by atoms with Crippen LogP contribution in [0.4, 0.5) is 0 Å². The number of aromatic amines is 1. The number of carbonyl (C=O) groups excluding carboxylic acids is 1. The number of thiophene rings is 1. The molecule has 0 aliphatic rings. The average molecular weight is 319 g/mol. The summed E-state index contributed by atoms with van der Waals surface area (Å²) >= 11 is 3.20. The summed E-state index contributed by atoms with van der Waals surface area (Å²) in [6.45, 7) is 0.417. The normalized spacial score (nSPS) is 10.7. The Balaban J connectivity index is 1.62. The molecule has 1 amide bonds. The van der Waals surface area contributed by atoms with Crippen molar-refractivity contribution in [3.8, 4) is 10.6 Å². The molecule has 0 aliphatic carbocycles. The Hall–Kier alpha value is -2.06. The SMILES string of the molecule is CN(Cc1ncn[nH]1)C(=O)Cc1csc(-c2ccsc2)n1. The molecule has 0 saturated heterocycles. The maximum absolute atomic E-state index is 12.2. The molecule has 3 aromatic rings. The molecule has 108 valence electrons. The van der Waals surface area contributed by atoms with E-state index >= 15 is 0 Å². The Morgan fingerprint density at radius 1 is 1.43 bits per heavy atom. The number of thiazole rings is 1. The zero-order valence-corrected chi connectivity index (χ0v) is 12.9. The van der Waals surface area contributed by atoms with Crippen molar-refractivity contribution in [1.29, 1.82) is 0 Å². The van der Waals surface area contributed by atoms with Gasteiger partial charge in [-0.2, -0.15) is 16.4 Å². The molecule has 0 fully saturated rings. The molecule has 0 aromatic carbocycles. The average Bonchev–Trinajstić information content (AvgIpc) is 3.20. The number of likely N-dealkylation sites (N-methyl/N-ethyl adjacent to an activating group) is 1. The largest absolute Gasteiger partial charge is 0.338 e. The summed E-state index contributed by atoms with van der Waals surface area (Å²) in [5.74, 6) is 0.677. The van der Waals surface area contributed by atoms with Gasteiger partial charge in [-0.25, -0.2) is 9.97 Å². The van der Waals surface area contributed by atoms with Crippen molar-refractivity contribution in [3.05, 3.63) is 40.1 Å². The molecular weight excluding hydrogens is 306 g/mol. The fourth-order valence-electron chi connectivity index (χ4n) is 1.82. The Labute approximate surface area is 129 Å². The highest BCUT2D eigenvalue weighted by Gasteiger charge is 2.14. The Morgan fingerprint density at radius 3 is 3.05 bits per heavy atom. The van der Waals surface area contributed by atoms with Gasteiger partial charge in [-0.05, 0) is 11.4 Å². The van der Waals surface area contributed by atoms with Crippen LogP contribution in [0.2, 0.25) is 0 Å². The zero-order chi connectivity index (χ0) is 14.7. The molecule has 3 rings (SSSR count). The van der Waals surface area contributed by atoms with E-state index in [0.717, 1.165) is 16.3 Å². The molecule has 0 radical (unpaired) electrons. The van der Waals surface area contributed by atoms with Crippen LogP contribution in [-0.2, 0) is 17.8 Å². The van der Waals surface area contributed by atoms with E-state index in [4.69, 9.17) is 0 Å². The number of aromatic nitrogens is 4. The van der Waals surface area contributed by atoms with E-state index in [2.05, 4.69) is 25.5 Å². The zero-order valence-electron chi connectivity index (χ0n) is 11.3. The van der Waals surface area contributed by atoms with Crippen LogP contribution in [0.5, 0.6) is 0 Å². The maximum Gasteiger partial charge on any atom is 0.228 e. The molecule has 0 aliphatic heterocycles. The number of H-pyrrole nitrogens is 1. The van der Waals surface area contributed by atoms with Crippen molar-refractivity contribution in [2.45, 2.75) is 13.0 Å². The van der Waals surface area contributed by atoms with E-state index < -0.39 is 0 Å². The van der Waals surface area contributed by atoms with Gasteiger partial charge >= 0.3 is 0 Å². The van der Waals surface area contributed by atoms with Crippen molar-refractivity contribution in [1.82, 2.24) is 25.1 Å². The predicted octanol–water partition coefficient (Wildman–Crippen LogP) is 2.19. The first-order chi connectivity index (χ1) is 10.2. The Morgan fingerprint density at radius 2 is 2.33 bits per heavy atom. The highest BCUT2D eigenvalue weighted by molar-refractivity contribution is 7.14. The van der Waals surface area contributed by atoms with Crippen LogP contribution in [0.25, 0.3) is 10.6 Å². The summed E-state index contributed by atoms with van der Waals surface area (Å²) in [4.78, 5) is 22.3. The van der Waals surface area contributed by atoms with Crippen molar-refractivity contribution >= 4 is 28.6 Å². The van der Waals surface area contributed by atoms with Crippen LogP contribution in [-0.4, -0.2) is 38.0 Å². The van der Waals surface area contributed by atoms with Crippen molar-refractivity contribution in [2.24, 2.45) is 0 Å². The number of carbonyl (C=O) groups is 1. The van der Waals surface area contributed by atoms with E-state index in [-0.39, 0.29) is 5.91 Å². The third kappa shape index (κ3) is 3.34. The molecule has 21 heavy (non-hydrogen) atoms. The second kappa shape index (κ2) is 6.15. The molecule has 3 aromatic heterocycles. The van der Waals surface area contributed by atoms with Gasteiger partial charge in [-0.15, -0.1) is 11.3 Å². The lowest BCUT2D eigenvalue weighted by atomic mass is 10.3. The summed E-state index contributed by atoms with van der Waals surface area (Å²) in [6, 6.07) is 2.03. The second-order valence-electron chi connectivity index (χ2n) is 4.51. The van der Waals surface area contributed by atoms with Crippen molar-refractivity contribution in [3.63, 3.8) is 0 Å². The standard InChI is InChI=1S/C13H13N5OS2/c1-18(5-11-14-8-15-17-11)12(19)4-10-7-21-13(16-10)9-2-3-20-6-9/h2-3,6-8H,4-5H2,1H3,(H,14,15,17). The van der Waals surface area contributed by atoms with E-state index in [1.165, 1.54) is 6.33 Å². The molecule has 0 unspecified atom stereocenters. The number of rotatable bonds is 5. The van der Waals surface area contributed by atoms with E-state index in [9.17, 15) is 4.79 Å². The van der Waals surface area contributed by atoms with Crippen LogP contribution < -0.4 is 0 Å². The maximum atomic E-state index is 12.2. The smallest absolute Gasteiger partial charge is 0.228 e. The third-order valence-corrected chi connectivity index (χ3v) is 4.55. The van der Waals surface area contributed by atoms with Crippen LogP contribution in [0.15, 0.2) is 28.5 Å². The van der Waals surface area contributed by atoms with Crippen LogP contribution in [0.1, 0.15) is 11.5 Å². The van der Waals surface area contributed by atoms with Gasteiger partial charge in [-0.1, -0.05) is 0 Å². The molecule has 0 bridgehead atoms. The fraction of sp³-hybridized carbons (Fsp3) is 0.231. The third-order valence-electron chi connectivity index (χ3n) is 2.93. The van der Waals surface area contributed by atoms with Gasteiger partial charge in [0.25, 0.3) is 0 Å². The Kier molecular flexibility index (Phi) is 4.07. The molecule has 8 heteroatoms. The van der Waals surface area contributed by atoms with Crippen LogP contribution in [0, 0.1) is 0 Å². The minimum absolute atomic E-state index is 0.00793. The van der Waals surface area contributed by atoms with Gasteiger partial charge in [-0.3, -0.25) is 9.89 Å². The minimum Gasteiger partial charge on any atom is -0.338 e. The lowest BCUT2D eigenvalue weighted by molar-refractivity contribution is -0.129. The summed E-state index contributed by atoms with van der Waals surface area (Å²) < 4.78 is 0. The molecule has 0 atom stereocenters. The van der Waals surface area contributed by atoms with E-state index in [0.29, 0.717) is 18.8 Å². The van der Waals surface area contributed by atoms with Crippen LogP contribution in [0.3, 0.4) is 0 Å². The summed E-state index contributed by atoms with van der Waals surface area (Å²) in [5, 5.41) is 13.5. The number of nitrogens with zero attached hydrogens (tertiary/aromatic N) is 4. The van der Waals surface area contributed by atoms with Crippen LogP contribution >= 0.6 is 22.7 Å². The minimum atomic E-state index is 0.00793. The van der Waals surface area contributed by atoms with E-state index in [1.807, 2.05) is 16.8 Å². The first-order valence-electron chi connectivity index (χ1n) is 6.27. The highest BCUT2D eigenvalue weighted by atomic mass is 32.1. The highest BCUT2D eigenvalue weighted by Crippen LogP contribution is 2.25. The van der Waals surface area contributed by atoms with Gasteiger partial charge in [0, 0.05) is 23.4 Å². The first-order valence-corrected chi connectivity index (χ1v) is 8.10. The number of nitrogens with one attached hydrogen (secondary N) is 1. The molecule has 1 N–H and O–H groups in total. The van der Waals surface area contributed by atoms with Gasteiger partial charge in [0.2, 0.25) is 5.91 Å². The number of hydrogen-bond acceptors (Lipinski definition) is 6. The summed E-state index contributed by atoms with van der Waals surface area (Å²) in [5.41, 5.74) is 1.91. The van der Waals surface area contributed by atoms with Gasteiger partial charge in [0.15, 0.2) is 0 Å². The van der Waals surface area contributed by atoms with E-state index in [1.54, 1.807) is 34.6 Å². The quantitative estimate of drug-likeness (QED) is 0.782. The Bertz CT molecular complexity index is 705. The number of amides is 1. The molecule has 6 nitrogen and oxygen atoms in total. The monoisotopic (exact) mass is 319 g/mol. The lowest BCUT2D eigenvalue weighted by Crippen LogP contribution is -2.28. The lowest BCUT2D eigenvalue weighted by Gasteiger charge is -2.14. The van der Waals surface area contributed by atoms with Gasteiger partial charge in [0.1, 0.15) is 17.2 Å².